The van der Waals surface area contributed by atoms with E-state index in [0.717, 1.165) is 60.0 Å². The number of hydrogen-bond donors (Lipinski definition) is 0. The van der Waals surface area contributed by atoms with E-state index < -0.39 is 0 Å². The predicted molar refractivity (Wildman–Crippen MR) is 144 cm³/mol. The Balaban J connectivity index is 0.00000289. The van der Waals surface area contributed by atoms with Gasteiger partial charge in [0.1, 0.15) is 0 Å². The fraction of sp³-hybridized carbons (Fsp3) is 0.320. The van der Waals surface area contributed by atoms with E-state index in [2.05, 4.69) is 10.00 Å². The number of aromatic nitrogens is 3. The zero-order chi connectivity index (χ0) is 23.7. The van der Waals surface area contributed by atoms with Crippen molar-refractivity contribution in [3.05, 3.63) is 70.5 Å². The molecule has 1 saturated heterocycles. The summed E-state index contributed by atoms with van der Waals surface area (Å²) in [6.07, 6.45) is 1.65. The smallest absolute Gasteiger partial charge is 0.263 e. The summed E-state index contributed by atoms with van der Waals surface area (Å²) >= 11 is 7.78. The second-order valence-corrected chi connectivity index (χ2v) is 9.81. The molecular formula is C25H27Cl2N5O2S. The van der Waals surface area contributed by atoms with Crippen LogP contribution in [0.3, 0.4) is 0 Å². The maximum Gasteiger partial charge on any atom is 0.263 e. The number of rotatable bonds is 6. The van der Waals surface area contributed by atoms with Gasteiger partial charge in [0.15, 0.2) is 5.13 Å². The van der Waals surface area contributed by atoms with Crippen LogP contribution in [-0.2, 0) is 4.74 Å². The number of carbonyl (C=O) groups excluding carboxylic acids is 1. The van der Waals surface area contributed by atoms with Crippen molar-refractivity contribution in [2.45, 2.75) is 13.8 Å². The van der Waals surface area contributed by atoms with Crippen LogP contribution in [0, 0.1) is 13.8 Å². The molecule has 1 aliphatic heterocycles. The van der Waals surface area contributed by atoms with Crippen molar-refractivity contribution < 1.29 is 9.53 Å². The number of amides is 1. The van der Waals surface area contributed by atoms with E-state index in [1.54, 1.807) is 15.8 Å². The number of aryl methyl sites for hydroxylation is 1. The summed E-state index contributed by atoms with van der Waals surface area (Å²) in [6.45, 7) is 8.36. The SMILES string of the molecule is Cc1cc(Cl)cc2sc(N(CCN3CCOCC3)C(=O)c3cnn(-c4ccccc4)c3C)nc12.Cl. The Hall–Kier alpha value is -2.49. The Labute approximate surface area is 219 Å². The molecule has 2 aromatic heterocycles. The number of hydrogen-bond acceptors (Lipinski definition) is 6. The minimum atomic E-state index is -0.101. The predicted octanol–water partition coefficient (Wildman–Crippen LogP) is 5.15. The van der Waals surface area contributed by atoms with Gasteiger partial charge in [-0.3, -0.25) is 14.6 Å². The lowest BCUT2D eigenvalue weighted by Crippen LogP contribution is -2.43. The minimum absolute atomic E-state index is 0. The molecule has 0 radical (unpaired) electrons. The molecule has 0 unspecified atom stereocenters. The Bertz CT molecular complexity index is 1320. The third kappa shape index (κ3) is 5.37. The van der Waals surface area contributed by atoms with Gasteiger partial charge in [-0.1, -0.05) is 41.1 Å². The number of halogens is 2. The summed E-state index contributed by atoms with van der Waals surface area (Å²) in [4.78, 5) is 22.8. The highest BCUT2D eigenvalue weighted by atomic mass is 35.5. The minimum Gasteiger partial charge on any atom is -0.379 e. The van der Waals surface area contributed by atoms with Crippen molar-refractivity contribution in [2.75, 3.05) is 44.3 Å². The van der Waals surface area contributed by atoms with Crippen molar-refractivity contribution in [3.63, 3.8) is 0 Å². The molecule has 1 fully saturated rings. The standard InChI is InChI=1S/C25H26ClN5O2S.ClH/c1-17-14-19(26)15-22-23(17)28-25(34-22)30(9-8-29-10-12-33-13-11-29)24(32)21-16-27-31(18(21)2)20-6-4-3-5-7-20;/h3-7,14-16H,8-13H2,1-2H3;1H. The molecule has 0 atom stereocenters. The molecule has 1 aliphatic rings. The summed E-state index contributed by atoms with van der Waals surface area (Å²) in [5.41, 5.74) is 4.17. The van der Waals surface area contributed by atoms with Crippen molar-refractivity contribution >= 4 is 56.6 Å². The number of morpholine rings is 1. The Morgan fingerprint density at radius 1 is 1.17 bits per heavy atom. The van der Waals surface area contributed by atoms with Crippen LogP contribution in [0.4, 0.5) is 5.13 Å². The molecule has 0 N–H and O–H groups in total. The van der Waals surface area contributed by atoms with Crippen molar-refractivity contribution in [3.8, 4) is 5.69 Å². The van der Waals surface area contributed by atoms with Gasteiger partial charge < -0.3 is 4.74 Å². The Morgan fingerprint density at radius 3 is 2.66 bits per heavy atom. The van der Waals surface area contributed by atoms with Gasteiger partial charge in [-0.2, -0.15) is 5.10 Å². The average molecular weight is 532 g/mol. The summed E-state index contributed by atoms with van der Waals surface area (Å²) in [5.74, 6) is -0.101. The largest absolute Gasteiger partial charge is 0.379 e. The molecule has 0 saturated carbocycles. The number of benzene rings is 2. The van der Waals surface area contributed by atoms with E-state index in [4.69, 9.17) is 21.3 Å². The monoisotopic (exact) mass is 531 g/mol. The molecule has 5 rings (SSSR count). The lowest BCUT2D eigenvalue weighted by atomic mass is 10.2. The molecule has 184 valence electrons. The molecule has 7 nitrogen and oxygen atoms in total. The number of para-hydroxylation sites is 1. The molecule has 2 aromatic carbocycles. The van der Waals surface area contributed by atoms with E-state index >= 15 is 0 Å². The molecule has 3 heterocycles. The van der Waals surface area contributed by atoms with Gasteiger partial charge in [0.05, 0.1) is 46.6 Å². The Morgan fingerprint density at radius 2 is 1.91 bits per heavy atom. The topological polar surface area (TPSA) is 63.5 Å². The fourth-order valence-corrected chi connectivity index (χ4v) is 5.65. The lowest BCUT2D eigenvalue weighted by Gasteiger charge is -2.29. The van der Waals surface area contributed by atoms with E-state index in [-0.39, 0.29) is 18.3 Å². The highest BCUT2D eigenvalue weighted by Gasteiger charge is 2.26. The van der Waals surface area contributed by atoms with E-state index in [1.807, 2.05) is 56.3 Å². The third-order valence-corrected chi connectivity index (χ3v) is 7.34. The number of ether oxygens (including phenoxy) is 1. The van der Waals surface area contributed by atoms with Crippen LogP contribution in [0.5, 0.6) is 0 Å². The first-order chi connectivity index (χ1) is 16.5. The normalized spacial score (nSPS) is 14.1. The number of fused-ring (bicyclic) bond motifs is 1. The van der Waals surface area contributed by atoms with Gasteiger partial charge in [-0.25, -0.2) is 9.67 Å². The van der Waals surface area contributed by atoms with Crippen molar-refractivity contribution in [1.29, 1.82) is 0 Å². The summed E-state index contributed by atoms with van der Waals surface area (Å²) in [5, 5.41) is 5.85. The van der Waals surface area contributed by atoms with E-state index in [9.17, 15) is 4.79 Å². The lowest BCUT2D eigenvalue weighted by molar-refractivity contribution is 0.0391. The number of carbonyl (C=O) groups is 1. The quantitative estimate of drug-likeness (QED) is 0.344. The summed E-state index contributed by atoms with van der Waals surface area (Å²) in [6, 6.07) is 13.6. The highest BCUT2D eigenvalue weighted by molar-refractivity contribution is 7.22. The maximum absolute atomic E-state index is 13.9. The molecule has 0 bridgehead atoms. The average Bonchev–Trinajstić information content (AvgIpc) is 3.44. The molecule has 0 spiro atoms. The van der Waals surface area contributed by atoms with Crippen LogP contribution < -0.4 is 4.90 Å². The molecule has 35 heavy (non-hydrogen) atoms. The first-order valence-corrected chi connectivity index (χ1v) is 12.5. The summed E-state index contributed by atoms with van der Waals surface area (Å²) in [7, 11) is 0. The van der Waals surface area contributed by atoms with Gasteiger partial charge in [0, 0.05) is 31.2 Å². The van der Waals surface area contributed by atoms with Crippen molar-refractivity contribution in [1.82, 2.24) is 19.7 Å². The van der Waals surface area contributed by atoms with Crippen LogP contribution in [0.25, 0.3) is 15.9 Å². The first kappa shape index (κ1) is 25.6. The van der Waals surface area contributed by atoms with Crippen LogP contribution >= 0.6 is 35.3 Å². The van der Waals surface area contributed by atoms with Crippen LogP contribution in [0.1, 0.15) is 21.6 Å². The number of nitrogens with zero attached hydrogens (tertiary/aromatic N) is 5. The van der Waals surface area contributed by atoms with Gasteiger partial charge in [0.2, 0.25) is 0 Å². The zero-order valence-electron chi connectivity index (χ0n) is 19.6. The van der Waals surface area contributed by atoms with Gasteiger partial charge in [0.25, 0.3) is 5.91 Å². The van der Waals surface area contributed by atoms with Crippen LogP contribution in [-0.4, -0.2) is 65.0 Å². The Kier molecular flexibility index (Phi) is 8.09. The first-order valence-electron chi connectivity index (χ1n) is 11.3. The van der Waals surface area contributed by atoms with Crippen LogP contribution in [0.15, 0.2) is 48.7 Å². The van der Waals surface area contributed by atoms with Crippen LogP contribution in [0.2, 0.25) is 5.02 Å². The van der Waals surface area contributed by atoms with Gasteiger partial charge in [-0.15, -0.1) is 12.4 Å². The zero-order valence-corrected chi connectivity index (χ0v) is 22.0. The molecule has 1 amide bonds. The van der Waals surface area contributed by atoms with Crippen molar-refractivity contribution in [2.24, 2.45) is 0 Å². The van der Waals surface area contributed by atoms with Gasteiger partial charge >= 0.3 is 0 Å². The number of anilines is 1. The second kappa shape index (κ2) is 11.1. The molecule has 0 aliphatic carbocycles. The molecular weight excluding hydrogens is 505 g/mol. The summed E-state index contributed by atoms with van der Waals surface area (Å²) < 4.78 is 8.25. The van der Waals surface area contributed by atoms with E-state index in [1.165, 1.54) is 11.3 Å². The fourth-order valence-electron chi connectivity index (χ4n) is 4.20. The van der Waals surface area contributed by atoms with E-state index in [0.29, 0.717) is 22.3 Å². The van der Waals surface area contributed by atoms with Gasteiger partial charge in [-0.05, 0) is 43.7 Å². The third-order valence-electron chi connectivity index (χ3n) is 6.10. The number of thiazole rings is 1. The second-order valence-electron chi connectivity index (χ2n) is 8.37. The highest BCUT2D eigenvalue weighted by Crippen LogP contribution is 2.34. The molecule has 10 heteroatoms. The maximum atomic E-state index is 13.9. The molecule has 4 aromatic rings.